The van der Waals surface area contributed by atoms with E-state index in [4.69, 9.17) is 9.47 Å². The van der Waals surface area contributed by atoms with E-state index < -0.39 is 11.9 Å². The number of ether oxygens (including phenoxy) is 2. The molecule has 11 heteroatoms. The van der Waals surface area contributed by atoms with Gasteiger partial charge in [-0.1, -0.05) is 0 Å². The monoisotopic (exact) mass is 530 g/mol. The van der Waals surface area contributed by atoms with Crippen LogP contribution in [-0.4, -0.2) is 44.2 Å². The van der Waals surface area contributed by atoms with E-state index in [2.05, 4.69) is 15.3 Å². The highest BCUT2D eigenvalue weighted by molar-refractivity contribution is 14.0. The zero-order valence-corrected chi connectivity index (χ0v) is 19.0. The van der Waals surface area contributed by atoms with Gasteiger partial charge in [0.05, 0.1) is 20.8 Å². The summed E-state index contributed by atoms with van der Waals surface area (Å²) in [6, 6.07) is 5.50. The zero-order chi connectivity index (χ0) is 20.0. The summed E-state index contributed by atoms with van der Waals surface area (Å²) in [4.78, 5) is 9.60. The van der Waals surface area contributed by atoms with E-state index in [1.807, 2.05) is 24.1 Å². The van der Waals surface area contributed by atoms with Crippen molar-refractivity contribution in [2.45, 2.75) is 19.3 Å². The molecule has 0 unspecified atom stereocenters. The Morgan fingerprint density at radius 1 is 1.29 bits per heavy atom. The minimum Gasteiger partial charge on any atom is -0.497 e. The SMILES string of the molecule is CN=C(NCc1nc(C(F)(F)F)cs1)N(C)Cc1ccc(OC)cc1OC.I. The summed E-state index contributed by atoms with van der Waals surface area (Å²) in [5, 5.41) is 4.36. The van der Waals surface area contributed by atoms with Crippen LogP contribution in [0.15, 0.2) is 28.6 Å². The van der Waals surface area contributed by atoms with E-state index in [9.17, 15) is 13.2 Å². The van der Waals surface area contributed by atoms with Gasteiger partial charge in [-0.3, -0.25) is 4.99 Å². The first-order valence-electron chi connectivity index (χ1n) is 7.92. The number of halogens is 4. The van der Waals surface area contributed by atoms with Gasteiger partial charge in [0.25, 0.3) is 0 Å². The molecule has 0 bridgehead atoms. The Balaban J connectivity index is 0.00000392. The highest BCUT2D eigenvalue weighted by atomic mass is 127. The van der Waals surface area contributed by atoms with Gasteiger partial charge in [-0.2, -0.15) is 13.2 Å². The Labute approximate surface area is 182 Å². The van der Waals surface area contributed by atoms with Gasteiger partial charge in [-0.05, 0) is 12.1 Å². The number of benzene rings is 1. The molecule has 0 spiro atoms. The van der Waals surface area contributed by atoms with Crippen LogP contribution in [0, 0.1) is 0 Å². The predicted molar refractivity (Wildman–Crippen MR) is 114 cm³/mol. The van der Waals surface area contributed by atoms with Gasteiger partial charge in [-0.15, -0.1) is 35.3 Å². The van der Waals surface area contributed by atoms with Crippen molar-refractivity contribution in [3.63, 3.8) is 0 Å². The molecule has 0 aliphatic rings. The summed E-state index contributed by atoms with van der Waals surface area (Å²) in [5.74, 6) is 1.88. The quantitative estimate of drug-likeness (QED) is 0.348. The van der Waals surface area contributed by atoms with Gasteiger partial charge in [0.2, 0.25) is 0 Å². The second-order valence-corrected chi connectivity index (χ2v) is 6.50. The standard InChI is InChI=1S/C17H21F3N4O2S.HI/c1-21-16(22-8-15-23-14(10-27-15)17(18,19)20)24(2)9-11-5-6-12(25-3)7-13(11)26-4;/h5-7,10H,8-9H2,1-4H3,(H,21,22);1H. The number of hydrogen-bond acceptors (Lipinski definition) is 5. The van der Waals surface area contributed by atoms with E-state index in [0.29, 0.717) is 29.0 Å². The Bertz CT molecular complexity index is 799. The van der Waals surface area contributed by atoms with Crippen LogP contribution in [0.5, 0.6) is 11.5 Å². The molecule has 1 N–H and O–H groups in total. The van der Waals surface area contributed by atoms with Crippen LogP contribution in [0.2, 0.25) is 0 Å². The number of alkyl halides is 3. The van der Waals surface area contributed by atoms with Crippen molar-refractivity contribution in [1.29, 1.82) is 0 Å². The summed E-state index contributed by atoms with van der Waals surface area (Å²) in [5.41, 5.74) is 0.0352. The molecule has 0 saturated heterocycles. The van der Waals surface area contributed by atoms with Crippen molar-refractivity contribution >= 4 is 41.3 Å². The lowest BCUT2D eigenvalue weighted by Gasteiger charge is -2.23. The van der Waals surface area contributed by atoms with Crippen LogP contribution in [0.3, 0.4) is 0 Å². The maximum atomic E-state index is 12.6. The molecular formula is C17H22F3IN4O2S. The second kappa shape index (κ2) is 10.7. The molecule has 156 valence electrons. The third kappa shape index (κ3) is 6.40. The number of nitrogens with one attached hydrogen (secondary N) is 1. The van der Waals surface area contributed by atoms with Gasteiger partial charge >= 0.3 is 6.18 Å². The molecule has 1 aromatic heterocycles. The maximum absolute atomic E-state index is 12.6. The number of guanidine groups is 1. The minimum absolute atomic E-state index is 0. The van der Waals surface area contributed by atoms with Crippen molar-refractivity contribution in [2.75, 3.05) is 28.3 Å². The Morgan fingerprint density at radius 2 is 2.00 bits per heavy atom. The number of aliphatic imine (C=N–C) groups is 1. The van der Waals surface area contributed by atoms with E-state index >= 15 is 0 Å². The Kier molecular flexibility index (Phi) is 9.27. The fourth-order valence-electron chi connectivity index (χ4n) is 2.37. The topological polar surface area (TPSA) is 59.0 Å². The first-order chi connectivity index (χ1) is 12.8. The first-order valence-corrected chi connectivity index (χ1v) is 8.80. The van der Waals surface area contributed by atoms with E-state index in [-0.39, 0.29) is 30.5 Å². The molecule has 2 aromatic rings. The third-order valence-corrected chi connectivity index (χ3v) is 4.56. The van der Waals surface area contributed by atoms with Gasteiger partial charge in [0.15, 0.2) is 11.7 Å². The number of aromatic nitrogens is 1. The summed E-state index contributed by atoms with van der Waals surface area (Å²) in [6.07, 6.45) is -4.43. The molecule has 0 amide bonds. The normalized spacial score (nSPS) is 11.6. The summed E-state index contributed by atoms with van der Waals surface area (Å²) >= 11 is 0.954. The summed E-state index contributed by atoms with van der Waals surface area (Å²) in [6.45, 7) is 0.635. The molecule has 2 rings (SSSR count). The summed E-state index contributed by atoms with van der Waals surface area (Å²) < 4.78 is 48.5. The van der Waals surface area contributed by atoms with Crippen molar-refractivity contribution in [1.82, 2.24) is 15.2 Å². The van der Waals surface area contributed by atoms with Crippen molar-refractivity contribution in [3.8, 4) is 11.5 Å². The van der Waals surface area contributed by atoms with Crippen LogP contribution in [-0.2, 0) is 19.3 Å². The molecule has 28 heavy (non-hydrogen) atoms. The lowest BCUT2D eigenvalue weighted by atomic mass is 10.2. The number of thiazole rings is 1. The van der Waals surface area contributed by atoms with Crippen LogP contribution < -0.4 is 14.8 Å². The van der Waals surface area contributed by atoms with E-state index in [0.717, 1.165) is 22.3 Å². The van der Waals surface area contributed by atoms with Crippen LogP contribution in [0.1, 0.15) is 16.3 Å². The van der Waals surface area contributed by atoms with Gasteiger partial charge in [0.1, 0.15) is 16.5 Å². The van der Waals surface area contributed by atoms with Gasteiger partial charge in [-0.25, -0.2) is 4.98 Å². The number of rotatable bonds is 6. The fraction of sp³-hybridized carbons (Fsp3) is 0.412. The highest BCUT2D eigenvalue weighted by Crippen LogP contribution is 2.30. The second-order valence-electron chi connectivity index (χ2n) is 5.56. The van der Waals surface area contributed by atoms with Gasteiger partial charge < -0.3 is 19.7 Å². The molecule has 0 atom stereocenters. The largest absolute Gasteiger partial charge is 0.497 e. The molecule has 0 aliphatic heterocycles. The van der Waals surface area contributed by atoms with Crippen molar-refractivity contribution in [2.24, 2.45) is 4.99 Å². The third-order valence-electron chi connectivity index (χ3n) is 3.72. The molecule has 1 heterocycles. The molecule has 0 saturated carbocycles. The van der Waals surface area contributed by atoms with E-state index in [1.165, 1.54) is 0 Å². The highest BCUT2D eigenvalue weighted by Gasteiger charge is 2.33. The zero-order valence-electron chi connectivity index (χ0n) is 15.8. The maximum Gasteiger partial charge on any atom is 0.434 e. The molecule has 0 aliphatic carbocycles. The first kappa shape index (κ1) is 24.3. The lowest BCUT2D eigenvalue weighted by Crippen LogP contribution is -2.38. The van der Waals surface area contributed by atoms with Crippen molar-refractivity contribution in [3.05, 3.63) is 39.8 Å². The molecule has 1 aromatic carbocycles. The fourth-order valence-corrected chi connectivity index (χ4v) is 3.12. The number of methoxy groups -OCH3 is 2. The van der Waals surface area contributed by atoms with E-state index in [1.54, 1.807) is 27.3 Å². The molecule has 6 nitrogen and oxygen atoms in total. The number of hydrogen-bond donors (Lipinski definition) is 1. The minimum atomic E-state index is -4.43. The van der Waals surface area contributed by atoms with Crippen molar-refractivity contribution < 1.29 is 22.6 Å². The molecular weight excluding hydrogens is 508 g/mol. The Morgan fingerprint density at radius 3 is 2.54 bits per heavy atom. The van der Waals surface area contributed by atoms with Crippen LogP contribution >= 0.6 is 35.3 Å². The summed E-state index contributed by atoms with van der Waals surface area (Å²) in [7, 11) is 6.58. The molecule has 0 radical (unpaired) electrons. The van der Waals surface area contributed by atoms with Crippen LogP contribution in [0.4, 0.5) is 13.2 Å². The molecule has 0 fully saturated rings. The van der Waals surface area contributed by atoms with Gasteiger partial charge in [0, 0.05) is 37.6 Å². The van der Waals surface area contributed by atoms with Crippen LogP contribution in [0.25, 0.3) is 0 Å². The Hall–Kier alpha value is -1.76. The lowest BCUT2D eigenvalue weighted by molar-refractivity contribution is -0.140. The smallest absolute Gasteiger partial charge is 0.434 e. The average Bonchev–Trinajstić information content (AvgIpc) is 3.12. The predicted octanol–water partition coefficient (Wildman–Crippen LogP) is 4.00. The number of nitrogens with zero attached hydrogens (tertiary/aromatic N) is 3. The average molecular weight is 530 g/mol.